The molecule has 1 aliphatic heterocycles. The van der Waals surface area contributed by atoms with Crippen molar-refractivity contribution in [3.8, 4) is 0 Å². The topological polar surface area (TPSA) is 29.3 Å². The Kier molecular flexibility index (Phi) is 3.80. The molecule has 1 rings (SSSR count). The van der Waals surface area contributed by atoms with Gasteiger partial charge in [-0.05, 0) is 25.9 Å². The summed E-state index contributed by atoms with van der Waals surface area (Å²) in [6.07, 6.45) is 5.35. The second-order valence-electron chi connectivity index (χ2n) is 3.16. The highest BCUT2D eigenvalue weighted by molar-refractivity contribution is 7.80. The van der Waals surface area contributed by atoms with E-state index in [9.17, 15) is 0 Å². The molecule has 0 aromatic carbocycles. The fraction of sp³-hybridized carbons (Fsp3) is 0.875. The van der Waals surface area contributed by atoms with Crippen molar-refractivity contribution in [2.45, 2.75) is 25.7 Å². The number of nitrogens with zero attached hydrogens (tertiary/aromatic N) is 1. The van der Waals surface area contributed by atoms with Crippen molar-refractivity contribution in [3.05, 3.63) is 0 Å². The number of hydrogen-bond donors (Lipinski definition) is 1. The average molecular weight is 172 g/mol. The van der Waals surface area contributed by atoms with Crippen LogP contribution in [0.15, 0.2) is 0 Å². The molecule has 0 saturated carbocycles. The average Bonchev–Trinajstić information content (AvgIpc) is 2.14. The van der Waals surface area contributed by atoms with Crippen molar-refractivity contribution in [3.63, 3.8) is 0 Å². The lowest BCUT2D eigenvalue weighted by Gasteiger charge is -2.18. The van der Waals surface area contributed by atoms with Crippen LogP contribution in [0.25, 0.3) is 0 Å². The van der Waals surface area contributed by atoms with Crippen LogP contribution >= 0.6 is 12.2 Å². The number of likely N-dealkylation sites (tertiary alicyclic amines) is 1. The molecule has 1 heterocycles. The molecule has 0 aromatic heterocycles. The molecule has 2 nitrogen and oxygen atoms in total. The van der Waals surface area contributed by atoms with Crippen molar-refractivity contribution < 1.29 is 0 Å². The normalized spacial score (nSPS) is 21.1. The summed E-state index contributed by atoms with van der Waals surface area (Å²) in [5.74, 6) is 0. The van der Waals surface area contributed by atoms with Gasteiger partial charge in [-0.25, -0.2) is 0 Å². The van der Waals surface area contributed by atoms with Gasteiger partial charge in [0.1, 0.15) is 0 Å². The molecule has 64 valence electrons. The van der Waals surface area contributed by atoms with Gasteiger partial charge >= 0.3 is 0 Å². The van der Waals surface area contributed by atoms with Gasteiger partial charge in [-0.3, -0.25) is 4.90 Å². The summed E-state index contributed by atoms with van der Waals surface area (Å²) in [6, 6.07) is 0. The van der Waals surface area contributed by atoms with Gasteiger partial charge in [0.2, 0.25) is 0 Å². The monoisotopic (exact) mass is 172 g/mol. The van der Waals surface area contributed by atoms with E-state index in [1.165, 1.54) is 38.8 Å². The predicted octanol–water partition coefficient (Wildman–Crippen LogP) is 1.15. The molecule has 0 radical (unpaired) electrons. The Morgan fingerprint density at radius 1 is 1.18 bits per heavy atom. The standard InChI is InChI=1S/C8H16N2S/c9-8(11)7-10-5-3-1-2-4-6-10/h1-7H2,(H2,9,11). The molecule has 0 atom stereocenters. The van der Waals surface area contributed by atoms with Crippen LogP contribution in [0.4, 0.5) is 0 Å². The molecular formula is C8H16N2S. The first-order valence-corrected chi connectivity index (χ1v) is 4.70. The molecule has 3 heteroatoms. The van der Waals surface area contributed by atoms with E-state index in [0.717, 1.165) is 6.54 Å². The van der Waals surface area contributed by atoms with Crippen molar-refractivity contribution in [2.75, 3.05) is 19.6 Å². The van der Waals surface area contributed by atoms with Crippen LogP contribution in [0.1, 0.15) is 25.7 Å². The fourth-order valence-electron chi connectivity index (χ4n) is 1.51. The highest BCUT2D eigenvalue weighted by atomic mass is 32.1. The van der Waals surface area contributed by atoms with E-state index in [4.69, 9.17) is 18.0 Å². The van der Waals surface area contributed by atoms with Crippen LogP contribution in [0.3, 0.4) is 0 Å². The third-order valence-electron chi connectivity index (χ3n) is 2.08. The number of hydrogen-bond acceptors (Lipinski definition) is 2. The Morgan fingerprint density at radius 2 is 1.73 bits per heavy atom. The van der Waals surface area contributed by atoms with Gasteiger partial charge < -0.3 is 5.73 Å². The van der Waals surface area contributed by atoms with Crippen LogP contribution in [0.2, 0.25) is 0 Å². The molecule has 2 N–H and O–H groups in total. The first kappa shape index (κ1) is 8.94. The van der Waals surface area contributed by atoms with Crippen LogP contribution in [0.5, 0.6) is 0 Å². The molecule has 0 spiro atoms. The smallest absolute Gasteiger partial charge is 0.0870 e. The summed E-state index contributed by atoms with van der Waals surface area (Å²) >= 11 is 4.86. The molecule has 1 aliphatic rings. The molecule has 0 amide bonds. The van der Waals surface area contributed by atoms with E-state index in [1.54, 1.807) is 0 Å². The van der Waals surface area contributed by atoms with Crippen LogP contribution < -0.4 is 5.73 Å². The predicted molar refractivity (Wildman–Crippen MR) is 51.7 cm³/mol. The van der Waals surface area contributed by atoms with Gasteiger partial charge in [0.25, 0.3) is 0 Å². The number of thiocarbonyl (C=S) groups is 1. The first-order valence-electron chi connectivity index (χ1n) is 4.30. The summed E-state index contributed by atoms with van der Waals surface area (Å²) < 4.78 is 0. The third kappa shape index (κ3) is 3.68. The second-order valence-corrected chi connectivity index (χ2v) is 3.68. The zero-order valence-electron chi connectivity index (χ0n) is 6.88. The lowest BCUT2D eigenvalue weighted by Crippen LogP contribution is -2.33. The maximum atomic E-state index is 5.46. The lowest BCUT2D eigenvalue weighted by molar-refractivity contribution is 0.325. The van der Waals surface area contributed by atoms with E-state index in [2.05, 4.69) is 4.90 Å². The van der Waals surface area contributed by atoms with E-state index < -0.39 is 0 Å². The maximum absolute atomic E-state index is 5.46. The van der Waals surface area contributed by atoms with Crippen LogP contribution in [-0.4, -0.2) is 29.5 Å². The molecule has 0 bridgehead atoms. The molecule has 0 aromatic rings. The quantitative estimate of drug-likeness (QED) is 0.634. The van der Waals surface area contributed by atoms with Gasteiger partial charge in [0, 0.05) is 6.54 Å². The summed E-state index contributed by atoms with van der Waals surface area (Å²) in [5.41, 5.74) is 5.46. The summed E-state index contributed by atoms with van der Waals surface area (Å²) in [4.78, 5) is 2.99. The van der Waals surface area contributed by atoms with Crippen LogP contribution in [-0.2, 0) is 0 Å². The molecular weight excluding hydrogens is 156 g/mol. The molecule has 0 unspecified atom stereocenters. The molecule has 1 saturated heterocycles. The van der Waals surface area contributed by atoms with Crippen molar-refractivity contribution in [2.24, 2.45) is 5.73 Å². The summed E-state index contributed by atoms with van der Waals surface area (Å²) in [6.45, 7) is 3.17. The van der Waals surface area contributed by atoms with Gasteiger partial charge in [-0.15, -0.1) is 0 Å². The lowest BCUT2D eigenvalue weighted by atomic mass is 10.2. The van der Waals surface area contributed by atoms with Crippen molar-refractivity contribution >= 4 is 17.2 Å². The highest BCUT2D eigenvalue weighted by Crippen LogP contribution is 2.08. The number of rotatable bonds is 2. The van der Waals surface area contributed by atoms with Crippen molar-refractivity contribution in [1.29, 1.82) is 0 Å². The van der Waals surface area contributed by atoms with Gasteiger partial charge in [-0.1, -0.05) is 25.1 Å². The number of nitrogens with two attached hydrogens (primary N) is 1. The largest absolute Gasteiger partial charge is 0.392 e. The minimum absolute atomic E-state index is 0.631. The minimum Gasteiger partial charge on any atom is -0.392 e. The Labute approximate surface area is 73.7 Å². The van der Waals surface area contributed by atoms with E-state index in [1.807, 2.05) is 0 Å². The van der Waals surface area contributed by atoms with E-state index >= 15 is 0 Å². The molecule has 0 aliphatic carbocycles. The molecule has 1 fully saturated rings. The van der Waals surface area contributed by atoms with Gasteiger partial charge in [0.05, 0.1) is 4.99 Å². The summed E-state index contributed by atoms with van der Waals surface area (Å²) in [7, 11) is 0. The Balaban J connectivity index is 2.25. The van der Waals surface area contributed by atoms with Gasteiger partial charge in [0.15, 0.2) is 0 Å². The Bertz CT molecular complexity index is 128. The third-order valence-corrected chi connectivity index (χ3v) is 2.21. The Morgan fingerprint density at radius 3 is 2.18 bits per heavy atom. The maximum Gasteiger partial charge on any atom is 0.0870 e. The van der Waals surface area contributed by atoms with E-state index in [-0.39, 0.29) is 0 Å². The first-order chi connectivity index (χ1) is 5.29. The SMILES string of the molecule is NC(=S)CN1CCCCCC1. The highest BCUT2D eigenvalue weighted by Gasteiger charge is 2.08. The van der Waals surface area contributed by atoms with Crippen molar-refractivity contribution in [1.82, 2.24) is 4.90 Å². The van der Waals surface area contributed by atoms with Gasteiger partial charge in [-0.2, -0.15) is 0 Å². The second kappa shape index (κ2) is 4.67. The zero-order valence-corrected chi connectivity index (χ0v) is 7.70. The minimum atomic E-state index is 0.631. The molecule has 11 heavy (non-hydrogen) atoms. The zero-order chi connectivity index (χ0) is 8.10. The Hall–Kier alpha value is -0.150. The van der Waals surface area contributed by atoms with Crippen LogP contribution in [0, 0.1) is 0 Å². The summed E-state index contributed by atoms with van der Waals surface area (Å²) in [5, 5.41) is 0. The van der Waals surface area contributed by atoms with E-state index in [0.29, 0.717) is 4.99 Å². The fourth-order valence-corrected chi connectivity index (χ4v) is 1.70.